The number of halogens is 2. The van der Waals surface area contributed by atoms with Gasteiger partial charge in [-0.1, -0.05) is 0 Å². The van der Waals surface area contributed by atoms with Crippen LogP contribution in [0.2, 0.25) is 0 Å². The molecule has 4 rings (SSSR count). The predicted octanol–water partition coefficient (Wildman–Crippen LogP) is 0.214. The number of nitrogens with zero attached hydrogens (tertiary/aromatic N) is 2. The molecule has 0 aromatic heterocycles. The summed E-state index contributed by atoms with van der Waals surface area (Å²) in [7, 11) is 0. The standard InChI is InChI=1S/C12H21N2Si.2C9H7.2ClH.Hf/c1-5-9-13(10-6-2)15-14(11-7-3)12-8-4;2*1-2-5-9-7-3-6-8(9)4-1;;;/h5-8,15H,1-4,9-12H2;2*1-7H;2*1H;/q;;;;;+2/p-2. The number of hydrogen-bond donors (Lipinski definition) is 0. The van der Waals surface area contributed by atoms with Crippen molar-refractivity contribution in [3.63, 3.8) is 0 Å². The van der Waals surface area contributed by atoms with E-state index in [0.717, 1.165) is 26.2 Å². The van der Waals surface area contributed by atoms with Gasteiger partial charge in [0.05, 0.1) is 0 Å². The molecule has 0 heterocycles. The molecule has 2 aromatic rings. The zero-order valence-electron chi connectivity index (χ0n) is 20.8. The Bertz CT molecular complexity index is 1010. The molecule has 0 aliphatic heterocycles. The van der Waals surface area contributed by atoms with Gasteiger partial charge in [-0.15, -0.1) is 0 Å². The van der Waals surface area contributed by atoms with Crippen LogP contribution in [0.1, 0.15) is 29.6 Å². The van der Waals surface area contributed by atoms with Crippen molar-refractivity contribution in [3.8, 4) is 0 Å². The molecular formula is C30H35Cl2HfN2Si. The van der Waals surface area contributed by atoms with Gasteiger partial charge in [0.2, 0.25) is 0 Å². The predicted molar refractivity (Wildman–Crippen MR) is 148 cm³/mol. The van der Waals surface area contributed by atoms with Gasteiger partial charge in [0.15, 0.2) is 0 Å². The average molecular weight is 701 g/mol. The molecular weight excluding hydrogens is 666 g/mol. The van der Waals surface area contributed by atoms with Crippen LogP contribution in [0.5, 0.6) is 0 Å². The van der Waals surface area contributed by atoms with Crippen LogP contribution in [0.25, 0.3) is 12.2 Å². The van der Waals surface area contributed by atoms with Crippen molar-refractivity contribution >= 4 is 18.5 Å². The minimum absolute atomic E-state index is 0. The van der Waals surface area contributed by atoms with Crippen LogP contribution in [0.3, 0.4) is 0 Å². The van der Waals surface area contributed by atoms with Gasteiger partial charge >= 0.3 is 215 Å². The SMILES string of the molecule is C=CCN(CC=C)[SiH](N(CC=C)CC=C)[Hf+2]([CH]1C=Cc2ccccc21)[CH]1C=Cc2ccccc21.[Cl-].[Cl-]. The molecule has 2 unspecified atom stereocenters. The Morgan fingerprint density at radius 3 is 1.36 bits per heavy atom. The van der Waals surface area contributed by atoms with Crippen LogP contribution in [-0.2, 0) is 20.6 Å². The van der Waals surface area contributed by atoms with E-state index in [9.17, 15) is 0 Å². The van der Waals surface area contributed by atoms with Gasteiger partial charge in [0.25, 0.3) is 0 Å². The molecule has 36 heavy (non-hydrogen) atoms. The maximum atomic E-state index is 4.13. The number of benzene rings is 2. The van der Waals surface area contributed by atoms with Gasteiger partial charge in [-0.25, -0.2) is 0 Å². The van der Waals surface area contributed by atoms with E-state index < -0.39 is 26.9 Å². The molecule has 0 spiro atoms. The molecule has 0 saturated heterocycles. The molecule has 0 N–H and O–H groups in total. The van der Waals surface area contributed by atoms with Crippen LogP contribution in [0.15, 0.2) is 111 Å². The summed E-state index contributed by atoms with van der Waals surface area (Å²) >= 11 is -2.59. The van der Waals surface area contributed by atoms with E-state index in [0.29, 0.717) is 7.35 Å². The Kier molecular flexibility index (Phi) is 12.8. The van der Waals surface area contributed by atoms with Gasteiger partial charge in [-0.3, -0.25) is 0 Å². The van der Waals surface area contributed by atoms with E-state index in [1.807, 2.05) is 0 Å². The van der Waals surface area contributed by atoms with Crippen molar-refractivity contribution in [3.05, 3.63) is 134 Å². The molecule has 2 atom stereocenters. The number of fused-ring (bicyclic) bond motifs is 2. The first-order valence-corrected chi connectivity index (χ1v) is 24.0. The second kappa shape index (κ2) is 15.0. The van der Waals surface area contributed by atoms with Crippen LogP contribution >= 0.6 is 0 Å². The fraction of sp³-hybridized carbons (Fsp3) is 0.200. The van der Waals surface area contributed by atoms with Gasteiger partial charge < -0.3 is 24.8 Å². The molecule has 187 valence electrons. The average Bonchev–Trinajstić information content (AvgIpc) is 3.47. The Morgan fingerprint density at radius 2 is 1.00 bits per heavy atom. The molecule has 0 saturated carbocycles. The summed E-state index contributed by atoms with van der Waals surface area (Å²) in [5.41, 5.74) is 5.87. The summed E-state index contributed by atoms with van der Waals surface area (Å²) < 4.78 is 6.60. The third kappa shape index (κ3) is 6.47. The first kappa shape index (κ1) is 30.7. The van der Waals surface area contributed by atoms with Gasteiger partial charge in [-0.05, 0) is 0 Å². The minimum Gasteiger partial charge on any atom is -1.00 e. The zero-order chi connectivity index (χ0) is 23.9. The fourth-order valence-electron chi connectivity index (χ4n) is 5.46. The fourth-order valence-corrected chi connectivity index (χ4v) is 42.3. The number of hydrogen-bond acceptors (Lipinski definition) is 2. The summed E-state index contributed by atoms with van der Waals surface area (Å²) in [6.07, 6.45) is 16.5. The second-order valence-corrected chi connectivity index (χ2v) is 30.2. The molecule has 0 amide bonds. The van der Waals surface area contributed by atoms with Crippen molar-refractivity contribution in [1.29, 1.82) is 0 Å². The van der Waals surface area contributed by atoms with Gasteiger partial charge in [0.1, 0.15) is 0 Å². The second-order valence-electron chi connectivity index (χ2n) is 8.87. The van der Waals surface area contributed by atoms with Crippen LogP contribution in [-0.4, -0.2) is 41.6 Å². The van der Waals surface area contributed by atoms with Crippen LogP contribution < -0.4 is 24.8 Å². The van der Waals surface area contributed by atoms with E-state index in [4.69, 9.17) is 0 Å². The van der Waals surface area contributed by atoms with E-state index in [1.54, 1.807) is 0 Å². The quantitative estimate of drug-likeness (QED) is 0.218. The van der Waals surface area contributed by atoms with Gasteiger partial charge in [0, 0.05) is 0 Å². The normalized spacial score (nSPS) is 16.8. The first-order chi connectivity index (χ1) is 16.7. The van der Waals surface area contributed by atoms with E-state index in [1.165, 1.54) is 22.3 Å². The van der Waals surface area contributed by atoms with Crippen molar-refractivity contribution in [1.82, 2.24) is 9.13 Å². The summed E-state index contributed by atoms with van der Waals surface area (Å²) in [6, 6.07) is 18.1. The number of rotatable bonds is 13. The van der Waals surface area contributed by atoms with Crippen molar-refractivity contribution in [2.45, 2.75) is 7.35 Å². The van der Waals surface area contributed by atoms with Crippen LogP contribution in [0.4, 0.5) is 0 Å². The summed E-state index contributed by atoms with van der Waals surface area (Å²) in [4.78, 5) is 0. The van der Waals surface area contributed by atoms with E-state index in [2.05, 4.69) is 133 Å². The molecule has 2 aliphatic carbocycles. The van der Waals surface area contributed by atoms with Crippen LogP contribution in [0, 0.1) is 0 Å². The summed E-state index contributed by atoms with van der Waals surface area (Å²) in [5, 5.41) is 0. The Morgan fingerprint density at radius 1 is 0.639 bits per heavy atom. The largest absolute Gasteiger partial charge is 1.00 e. The first-order valence-electron chi connectivity index (χ1n) is 12.1. The smallest absolute Gasteiger partial charge is 1.00 e. The monoisotopic (exact) mass is 701 g/mol. The summed E-state index contributed by atoms with van der Waals surface area (Å²) in [5.74, 6) is 0. The molecule has 2 aliphatic rings. The molecule has 0 radical (unpaired) electrons. The zero-order valence-corrected chi connectivity index (χ0v) is 27.0. The Labute approximate surface area is 238 Å². The van der Waals surface area contributed by atoms with Gasteiger partial charge in [-0.2, -0.15) is 0 Å². The molecule has 6 heteroatoms. The maximum absolute atomic E-state index is 4.13. The minimum atomic E-state index is -2.59. The van der Waals surface area contributed by atoms with E-state index in [-0.39, 0.29) is 24.8 Å². The molecule has 0 fully saturated rings. The number of allylic oxidation sites excluding steroid dienone is 2. The van der Waals surface area contributed by atoms with Crippen molar-refractivity contribution < 1.29 is 45.4 Å². The Hall–Kier alpha value is -1.53. The molecule has 2 nitrogen and oxygen atoms in total. The maximum Gasteiger partial charge on any atom is -1.00 e. The molecule has 2 aromatic carbocycles. The van der Waals surface area contributed by atoms with E-state index >= 15 is 0 Å². The third-order valence-corrected chi connectivity index (χ3v) is 38.5. The van der Waals surface area contributed by atoms with Crippen molar-refractivity contribution in [2.24, 2.45) is 0 Å². The topological polar surface area (TPSA) is 6.48 Å². The third-order valence-electron chi connectivity index (χ3n) is 6.76. The Balaban J connectivity index is 0.00000228. The van der Waals surface area contributed by atoms with Crippen molar-refractivity contribution in [2.75, 3.05) is 26.2 Å². The molecule has 0 bridgehead atoms. The summed E-state index contributed by atoms with van der Waals surface area (Å²) in [6.45, 7) is 20.1.